The van der Waals surface area contributed by atoms with Crippen LogP contribution in [0.5, 0.6) is 5.75 Å². The molecule has 0 bridgehead atoms. The van der Waals surface area contributed by atoms with Gasteiger partial charge in [0.05, 0.1) is 5.56 Å². The molecule has 158 valence electrons. The van der Waals surface area contributed by atoms with Crippen molar-refractivity contribution in [1.29, 1.82) is 0 Å². The highest BCUT2D eigenvalue weighted by atomic mass is 19.4. The third-order valence-corrected chi connectivity index (χ3v) is 5.64. The van der Waals surface area contributed by atoms with Gasteiger partial charge < -0.3 is 9.84 Å². The molecule has 0 aliphatic carbocycles. The largest absolute Gasteiger partial charge is 0.492 e. The second-order valence-electron chi connectivity index (χ2n) is 7.57. The quantitative estimate of drug-likeness (QED) is 0.683. The van der Waals surface area contributed by atoms with E-state index in [0.717, 1.165) is 31.8 Å². The Labute approximate surface area is 170 Å². The summed E-state index contributed by atoms with van der Waals surface area (Å²) in [5.74, 6) is 0.688. The minimum Gasteiger partial charge on any atom is -0.492 e. The zero-order chi connectivity index (χ0) is 20.9. The summed E-state index contributed by atoms with van der Waals surface area (Å²) in [6, 6.07) is 11.9. The Kier molecular flexibility index (Phi) is 6.85. The van der Waals surface area contributed by atoms with Gasteiger partial charge in [-0.1, -0.05) is 37.6 Å². The van der Waals surface area contributed by atoms with Crippen molar-refractivity contribution in [2.24, 2.45) is 0 Å². The fourth-order valence-electron chi connectivity index (χ4n) is 3.83. The normalized spacial score (nSPS) is 17.7. The lowest BCUT2D eigenvalue weighted by Crippen LogP contribution is -2.33. The summed E-state index contributed by atoms with van der Waals surface area (Å²) in [6.07, 6.45) is -0.426. The summed E-state index contributed by atoms with van der Waals surface area (Å²) < 4.78 is 45.0. The number of piperidine rings is 1. The molecular weight excluding hydrogens is 379 g/mol. The second kappa shape index (κ2) is 9.18. The van der Waals surface area contributed by atoms with E-state index >= 15 is 0 Å². The summed E-state index contributed by atoms with van der Waals surface area (Å²) in [6.45, 7) is 5.45. The number of ether oxygens (including phenoxy) is 1. The highest BCUT2D eigenvalue weighted by molar-refractivity contribution is 5.40. The lowest BCUT2D eigenvalue weighted by Gasteiger charge is -2.29. The van der Waals surface area contributed by atoms with E-state index < -0.39 is 17.3 Å². The number of rotatable bonds is 7. The molecule has 0 saturated carbocycles. The molecule has 1 fully saturated rings. The Morgan fingerprint density at radius 3 is 2.21 bits per heavy atom. The lowest BCUT2D eigenvalue weighted by molar-refractivity contribution is -0.137. The molecular formula is C23H28F3NO2. The van der Waals surface area contributed by atoms with Crippen LogP contribution in [0.3, 0.4) is 0 Å². The molecule has 1 N–H and O–H groups in total. The summed E-state index contributed by atoms with van der Waals surface area (Å²) >= 11 is 0. The maximum absolute atomic E-state index is 13.1. The highest BCUT2D eigenvalue weighted by Gasteiger charge is 2.34. The first-order valence-corrected chi connectivity index (χ1v) is 10.2. The molecule has 3 rings (SSSR count). The first-order valence-electron chi connectivity index (χ1n) is 10.2. The number of hydrogen-bond acceptors (Lipinski definition) is 3. The van der Waals surface area contributed by atoms with Crippen molar-refractivity contribution >= 4 is 0 Å². The number of benzene rings is 2. The van der Waals surface area contributed by atoms with Crippen LogP contribution in [-0.2, 0) is 11.8 Å². The molecule has 2 aromatic rings. The third-order valence-electron chi connectivity index (χ3n) is 5.64. The maximum Gasteiger partial charge on any atom is 0.416 e. The van der Waals surface area contributed by atoms with E-state index in [-0.39, 0.29) is 12.0 Å². The summed E-state index contributed by atoms with van der Waals surface area (Å²) in [4.78, 5) is 2.39. The Morgan fingerprint density at radius 2 is 1.59 bits per heavy atom. The maximum atomic E-state index is 13.1. The van der Waals surface area contributed by atoms with Gasteiger partial charge in [0.25, 0.3) is 0 Å². The molecule has 0 amide bonds. The van der Waals surface area contributed by atoms with Crippen LogP contribution in [0.2, 0.25) is 0 Å². The molecule has 29 heavy (non-hydrogen) atoms. The van der Waals surface area contributed by atoms with E-state index in [1.165, 1.54) is 31.4 Å². The molecule has 0 aromatic heterocycles. The number of likely N-dealkylation sites (tertiary alicyclic amines) is 1. The van der Waals surface area contributed by atoms with Crippen molar-refractivity contribution < 1.29 is 23.0 Å². The number of alkyl halides is 3. The van der Waals surface area contributed by atoms with Crippen molar-refractivity contribution in [3.05, 3.63) is 65.2 Å². The van der Waals surface area contributed by atoms with Gasteiger partial charge in [-0.2, -0.15) is 13.2 Å². The van der Waals surface area contributed by atoms with Crippen molar-refractivity contribution in [3.63, 3.8) is 0 Å². The standard InChI is InChI=1S/C23H28F3NO2/c1-2-22(28,19-7-6-8-20(17-19)23(24,25)26)18-9-11-21(12-10-18)29-16-15-27-13-4-3-5-14-27/h6-12,17,28H,2-5,13-16H2,1H3. The fourth-order valence-corrected chi connectivity index (χ4v) is 3.83. The summed E-state index contributed by atoms with van der Waals surface area (Å²) in [7, 11) is 0. The van der Waals surface area contributed by atoms with Gasteiger partial charge in [0.1, 0.15) is 18.0 Å². The summed E-state index contributed by atoms with van der Waals surface area (Å²) in [5.41, 5.74) is -1.48. The van der Waals surface area contributed by atoms with Crippen LogP contribution in [0.4, 0.5) is 13.2 Å². The molecule has 1 unspecified atom stereocenters. The average Bonchev–Trinajstić information content (AvgIpc) is 2.74. The Hall–Kier alpha value is -2.05. The highest BCUT2D eigenvalue weighted by Crippen LogP contribution is 2.37. The van der Waals surface area contributed by atoms with E-state index in [9.17, 15) is 18.3 Å². The molecule has 3 nitrogen and oxygen atoms in total. The van der Waals surface area contributed by atoms with Crippen LogP contribution in [0.1, 0.15) is 49.3 Å². The molecule has 0 spiro atoms. The first kappa shape index (κ1) is 21.7. The van der Waals surface area contributed by atoms with Crippen LogP contribution in [0.25, 0.3) is 0 Å². The van der Waals surface area contributed by atoms with Gasteiger partial charge in [0, 0.05) is 6.54 Å². The van der Waals surface area contributed by atoms with E-state index in [1.807, 2.05) is 0 Å². The number of nitrogens with zero attached hydrogens (tertiary/aromatic N) is 1. The zero-order valence-corrected chi connectivity index (χ0v) is 16.7. The van der Waals surface area contributed by atoms with Crippen LogP contribution >= 0.6 is 0 Å². The fraction of sp³-hybridized carbons (Fsp3) is 0.478. The van der Waals surface area contributed by atoms with Crippen molar-refractivity contribution in [2.45, 2.75) is 44.4 Å². The Bertz CT molecular complexity index is 785. The number of aliphatic hydroxyl groups is 1. The molecule has 1 heterocycles. The van der Waals surface area contributed by atoms with Crippen molar-refractivity contribution in [1.82, 2.24) is 4.90 Å². The van der Waals surface area contributed by atoms with Crippen LogP contribution < -0.4 is 4.74 Å². The first-order chi connectivity index (χ1) is 13.8. The van der Waals surface area contributed by atoms with Crippen LogP contribution in [0, 0.1) is 0 Å². The molecule has 6 heteroatoms. The van der Waals surface area contributed by atoms with Crippen LogP contribution in [0.15, 0.2) is 48.5 Å². The molecule has 1 saturated heterocycles. The smallest absolute Gasteiger partial charge is 0.416 e. The minimum atomic E-state index is -4.45. The monoisotopic (exact) mass is 407 g/mol. The van der Waals surface area contributed by atoms with Gasteiger partial charge in [-0.3, -0.25) is 4.90 Å². The molecule has 1 atom stereocenters. The number of hydrogen-bond donors (Lipinski definition) is 1. The zero-order valence-electron chi connectivity index (χ0n) is 16.7. The lowest BCUT2D eigenvalue weighted by atomic mass is 9.83. The van der Waals surface area contributed by atoms with Crippen molar-refractivity contribution in [3.8, 4) is 5.75 Å². The third kappa shape index (κ3) is 5.31. The van der Waals surface area contributed by atoms with Gasteiger partial charge in [0.15, 0.2) is 0 Å². The van der Waals surface area contributed by atoms with E-state index in [2.05, 4.69) is 4.90 Å². The van der Waals surface area contributed by atoms with Gasteiger partial charge in [-0.25, -0.2) is 0 Å². The van der Waals surface area contributed by atoms with Gasteiger partial charge in [-0.15, -0.1) is 0 Å². The molecule has 2 aromatic carbocycles. The van der Waals surface area contributed by atoms with Crippen LogP contribution in [-0.4, -0.2) is 36.2 Å². The summed E-state index contributed by atoms with van der Waals surface area (Å²) in [5, 5.41) is 11.2. The SMILES string of the molecule is CCC(O)(c1ccc(OCCN2CCCCC2)cc1)c1cccc(C(F)(F)F)c1. The second-order valence-corrected chi connectivity index (χ2v) is 7.57. The average molecular weight is 407 g/mol. The van der Waals surface area contributed by atoms with Crippen molar-refractivity contribution in [2.75, 3.05) is 26.2 Å². The molecule has 0 radical (unpaired) electrons. The molecule has 1 aliphatic heterocycles. The van der Waals surface area contributed by atoms with Gasteiger partial charge in [0.2, 0.25) is 0 Å². The van der Waals surface area contributed by atoms with Gasteiger partial charge in [-0.05, 0) is 67.7 Å². The topological polar surface area (TPSA) is 32.7 Å². The van der Waals surface area contributed by atoms with E-state index in [0.29, 0.717) is 17.9 Å². The van der Waals surface area contributed by atoms with E-state index in [4.69, 9.17) is 4.74 Å². The molecule has 1 aliphatic rings. The van der Waals surface area contributed by atoms with Gasteiger partial charge >= 0.3 is 6.18 Å². The van der Waals surface area contributed by atoms with E-state index in [1.54, 1.807) is 31.2 Å². The Morgan fingerprint density at radius 1 is 0.931 bits per heavy atom. The minimum absolute atomic E-state index is 0.230. The Balaban J connectivity index is 1.69. The number of halogens is 3. The predicted octanol–water partition coefficient (Wildman–Crippen LogP) is 5.22. The predicted molar refractivity (Wildman–Crippen MR) is 107 cm³/mol.